The molecule has 1 heterocycles. The molecule has 0 atom stereocenters. The molecule has 1 aliphatic carbocycles. The Balaban J connectivity index is 2.15. The largest absolute Gasteiger partial charge is 0.395 e. The molecule has 1 aliphatic rings. The van der Waals surface area contributed by atoms with Gasteiger partial charge in [0.25, 0.3) is 0 Å². The van der Waals surface area contributed by atoms with E-state index in [1.807, 2.05) is 24.3 Å². The topological polar surface area (TPSA) is 72.3 Å². The van der Waals surface area contributed by atoms with Crippen LogP contribution < -0.4 is 5.73 Å². The molecule has 0 radical (unpaired) electrons. The second kappa shape index (κ2) is 3.60. The van der Waals surface area contributed by atoms with Crippen LogP contribution in [0.15, 0.2) is 35.0 Å². The molecule has 0 bridgehead atoms. The van der Waals surface area contributed by atoms with Gasteiger partial charge in [-0.05, 0) is 24.0 Å². The summed E-state index contributed by atoms with van der Waals surface area (Å²) in [4.78, 5) is 0. The maximum absolute atomic E-state index is 9.53. The second-order valence-corrected chi connectivity index (χ2v) is 4.59. The summed E-state index contributed by atoms with van der Waals surface area (Å²) in [7, 11) is 0. The Hall–Kier alpha value is -1.81. The maximum Gasteiger partial charge on any atom is 0.229 e. The van der Waals surface area contributed by atoms with E-state index in [9.17, 15) is 5.11 Å². The van der Waals surface area contributed by atoms with E-state index >= 15 is 0 Å². The Morgan fingerprint density at radius 2 is 2.06 bits per heavy atom. The molecule has 1 aromatic heterocycles. The number of nitrogens with zero attached hydrogens (tertiary/aromatic N) is 1. The fourth-order valence-corrected chi connectivity index (χ4v) is 2.29. The summed E-state index contributed by atoms with van der Waals surface area (Å²) in [6.07, 6.45) is 3.67. The maximum atomic E-state index is 9.53. The first-order valence-corrected chi connectivity index (χ1v) is 5.68. The van der Waals surface area contributed by atoms with Crippen molar-refractivity contribution >= 4 is 5.88 Å². The lowest BCUT2D eigenvalue weighted by Crippen LogP contribution is -2.13. The summed E-state index contributed by atoms with van der Waals surface area (Å²) in [5.74, 6) is 0.325. The van der Waals surface area contributed by atoms with Gasteiger partial charge in [-0.1, -0.05) is 29.4 Å². The zero-order valence-electron chi connectivity index (χ0n) is 9.39. The third-order valence-electron chi connectivity index (χ3n) is 3.54. The third-order valence-corrected chi connectivity index (χ3v) is 3.54. The van der Waals surface area contributed by atoms with Gasteiger partial charge < -0.3 is 15.4 Å². The first kappa shape index (κ1) is 10.4. The van der Waals surface area contributed by atoms with Gasteiger partial charge >= 0.3 is 0 Å². The first-order chi connectivity index (χ1) is 8.27. The van der Waals surface area contributed by atoms with Crippen molar-refractivity contribution in [2.24, 2.45) is 0 Å². The van der Waals surface area contributed by atoms with E-state index in [2.05, 4.69) is 5.16 Å². The normalized spacial score (nSPS) is 17.0. The van der Waals surface area contributed by atoms with Gasteiger partial charge in [0, 0.05) is 5.41 Å². The number of nitrogen functional groups attached to an aromatic ring is 1. The highest BCUT2D eigenvalue weighted by molar-refractivity contribution is 5.76. The van der Waals surface area contributed by atoms with Crippen LogP contribution in [0.2, 0.25) is 0 Å². The molecule has 0 amide bonds. The van der Waals surface area contributed by atoms with E-state index in [1.54, 1.807) is 6.20 Å². The van der Waals surface area contributed by atoms with Crippen LogP contribution in [0.25, 0.3) is 11.1 Å². The van der Waals surface area contributed by atoms with Crippen LogP contribution in [0.5, 0.6) is 0 Å². The van der Waals surface area contributed by atoms with Gasteiger partial charge in [0.05, 0.1) is 18.4 Å². The molecule has 1 aromatic carbocycles. The Labute approximate surface area is 99.0 Å². The van der Waals surface area contributed by atoms with Crippen molar-refractivity contribution in [3.05, 3.63) is 36.0 Å². The van der Waals surface area contributed by atoms with Crippen molar-refractivity contribution in [1.82, 2.24) is 5.16 Å². The molecule has 0 unspecified atom stereocenters. The van der Waals surface area contributed by atoms with Crippen LogP contribution in [0.4, 0.5) is 5.88 Å². The minimum Gasteiger partial charge on any atom is -0.395 e. The number of benzene rings is 1. The van der Waals surface area contributed by atoms with E-state index in [4.69, 9.17) is 10.3 Å². The van der Waals surface area contributed by atoms with Crippen LogP contribution in [0, 0.1) is 0 Å². The van der Waals surface area contributed by atoms with Crippen LogP contribution in [0.1, 0.15) is 18.4 Å². The first-order valence-electron chi connectivity index (χ1n) is 5.68. The van der Waals surface area contributed by atoms with Crippen molar-refractivity contribution < 1.29 is 9.63 Å². The van der Waals surface area contributed by atoms with Gasteiger partial charge in [-0.3, -0.25) is 0 Å². The number of rotatable bonds is 3. The van der Waals surface area contributed by atoms with E-state index in [-0.39, 0.29) is 12.0 Å². The van der Waals surface area contributed by atoms with Crippen molar-refractivity contribution in [2.45, 2.75) is 18.3 Å². The third kappa shape index (κ3) is 1.52. The van der Waals surface area contributed by atoms with Gasteiger partial charge in [0.1, 0.15) is 0 Å². The van der Waals surface area contributed by atoms with Crippen molar-refractivity contribution in [3.8, 4) is 11.1 Å². The van der Waals surface area contributed by atoms with Crippen LogP contribution in [-0.2, 0) is 5.41 Å². The zero-order chi connectivity index (χ0) is 11.9. The van der Waals surface area contributed by atoms with Crippen LogP contribution in [0.3, 0.4) is 0 Å². The molecule has 3 N–H and O–H groups in total. The highest BCUT2D eigenvalue weighted by Crippen LogP contribution is 2.51. The van der Waals surface area contributed by atoms with Gasteiger partial charge in [-0.2, -0.15) is 0 Å². The van der Waals surface area contributed by atoms with Gasteiger partial charge in [-0.15, -0.1) is 0 Å². The highest BCUT2D eigenvalue weighted by Gasteiger charge is 2.45. The molecular formula is C13H14N2O2. The van der Waals surface area contributed by atoms with E-state index in [0.717, 1.165) is 29.5 Å². The molecule has 4 nitrogen and oxygen atoms in total. The average molecular weight is 230 g/mol. The zero-order valence-corrected chi connectivity index (χ0v) is 9.39. The molecule has 1 fully saturated rings. The van der Waals surface area contributed by atoms with E-state index < -0.39 is 0 Å². The molecule has 88 valence electrons. The van der Waals surface area contributed by atoms with Crippen LogP contribution in [-0.4, -0.2) is 16.9 Å². The monoisotopic (exact) mass is 230 g/mol. The second-order valence-electron chi connectivity index (χ2n) is 4.59. The quantitative estimate of drug-likeness (QED) is 0.845. The molecule has 4 heteroatoms. The summed E-state index contributed by atoms with van der Waals surface area (Å²) in [5.41, 5.74) is 8.63. The Kier molecular flexibility index (Phi) is 2.19. The highest BCUT2D eigenvalue weighted by atomic mass is 16.5. The van der Waals surface area contributed by atoms with E-state index in [1.165, 1.54) is 0 Å². The molecule has 3 rings (SSSR count). The smallest absolute Gasteiger partial charge is 0.229 e. The molecule has 17 heavy (non-hydrogen) atoms. The lowest BCUT2D eigenvalue weighted by molar-refractivity contribution is 0.255. The number of hydrogen-bond acceptors (Lipinski definition) is 4. The minimum absolute atomic E-state index is 0.0830. The fourth-order valence-electron chi connectivity index (χ4n) is 2.29. The van der Waals surface area contributed by atoms with Gasteiger partial charge in [0.15, 0.2) is 0 Å². The minimum atomic E-state index is -0.0830. The summed E-state index contributed by atoms with van der Waals surface area (Å²) < 4.78 is 4.91. The molecular weight excluding hydrogens is 216 g/mol. The van der Waals surface area contributed by atoms with Crippen molar-refractivity contribution in [2.75, 3.05) is 12.3 Å². The molecule has 0 aliphatic heterocycles. The van der Waals surface area contributed by atoms with Crippen molar-refractivity contribution in [3.63, 3.8) is 0 Å². The molecule has 0 saturated heterocycles. The number of hydrogen-bond donors (Lipinski definition) is 2. The number of aromatic nitrogens is 1. The number of aliphatic hydroxyl groups is 1. The SMILES string of the molecule is Nc1oncc1-c1ccccc1C1(CO)CC1. The van der Waals surface area contributed by atoms with Gasteiger partial charge in [0.2, 0.25) is 5.88 Å². The van der Waals surface area contributed by atoms with Crippen molar-refractivity contribution in [1.29, 1.82) is 0 Å². The number of aliphatic hydroxyl groups excluding tert-OH is 1. The predicted molar refractivity (Wildman–Crippen MR) is 64.3 cm³/mol. The predicted octanol–water partition coefficient (Wildman–Crippen LogP) is 1.95. The number of anilines is 1. The average Bonchev–Trinajstić information content (AvgIpc) is 3.06. The Morgan fingerprint density at radius 1 is 1.29 bits per heavy atom. The molecule has 0 spiro atoms. The lowest BCUT2D eigenvalue weighted by Gasteiger charge is -2.16. The molecule has 1 saturated carbocycles. The fraction of sp³-hybridized carbons (Fsp3) is 0.308. The summed E-state index contributed by atoms with van der Waals surface area (Å²) in [5, 5.41) is 13.2. The van der Waals surface area contributed by atoms with Gasteiger partial charge in [-0.25, -0.2) is 0 Å². The number of nitrogens with two attached hydrogens (primary N) is 1. The van der Waals surface area contributed by atoms with Crippen LogP contribution >= 0.6 is 0 Å². The molecule has 2 aromatic rings. The Bertz CT molecular complexity index is 544. The van der Waals surface area contributed by atoms with E-state index in [0.29, 0.717) is 5.88 Å². The summed E-state index contributed by atoms with van der Waals surface area (Å²) in [6.45, 7) is 0.176. The lowest BCUT2D eigenvalue weighted by atomic mass is 9.89. The Morgan fingerprint density at radius 3 is 2.65 bits per heavy atom. The summed E-state index contributed by atoms with van der Waals surface area (Å²) >= 11 is 0. The summed E-state index contributed by atoms with van der Waals surface area (Å²) in [6, 6.07) is 7.98. The standard InChI is InChI=1S/C13H14N2O2/c14-12-10(7-15-17-12)9-3-1-2-4-11(9)13(8-16)5-6-13/h1-4,7,16H,5-6,8,14H2.